The van der Waals surface area contributed by atoms with Crippen LogP contribution in [0.3, 0.4) is 0 Å². The van der Waals surface area contributed by atoms with Crippen LogP contribution in [0.2, 0.25) is 0 Å². The van der Waals surface area contributed by atoms with Gasteiger partial charge < -0.3 is 108 Å². The lowest BCUT2D eigenvalue weighted by Crippen LogP contribution is -2.44. The molecule has 0 spiro atoms. The second-order valence-corrected chi connectivity index (χ2v) is 31.1. The van der Waals surface area contributed by atoms with E-state index >= 15 is 0 Å². The summed E-state index contributed by atoms with van der Waals surface area (Å²) in [5.41, 5.74) is 6.20. The van der Waals surface area contributed by atoms with Crippen molar-refractivity contribution in [3.05, 3.63) is 230 Å². The van der Waals surface area contributed by atoms with E-state index in [0.717, 1.165) is 27.8 Å². The topological polar surface area (TPSA) is 528 Å². The van der Waals surface area contributed by atoms with Crippen molar-refractivity contribution in [1.82, 2.24) is 21.3 Å². The molecule has 716 valence electrons. The Kier molecular flexibility index (Phi) is 51.4. The monoisotopic (exact) mass is 1830 g/mol. The SMILES string of the molecule is CC(C)(C)NCC(COc1cccc2c1C[C@@H](O)[C@@H](O)C2)OC(=O)c1ccc(CO[N+](=O)[O-])cc1.COC(=O)CCc1ccc(OCC(CNC(C)C)OC(=O)CCCO[N+](=O)[O-])cc1.COC(=O)CCc1ccc(OCC(CNC(C)C)OC(=O)COCCO[N+](=O)[O-])cc1.COC(=O)CCc1ccc(OCC(CNC(C)C)OC(=O)c2ccc(CO[N+](=O)[O-])cc2)cc1. The zero-order valence-corrected chi connectivity index (χ0v) is 75.3. The van der Waals surface area contributed by atoms with Gasteiger partial charge in [-0.15, -0.1) is 40.5 Å². The van der Waals surface area contributed by atoms with Crippen LogP contribution in [0.4, 0.5) is 0 Å². The summed E-state index contributed by atoms with van der Waals surface area (Å²) in [5.74, 6) is -0.548. The molecule has 6 N–H and O–H groups in total. The number of fused-ring (bicyclic) bond motifs is 1. The Hall–Kier alpha value is -12.7. The van der Waals surface area contributed by atoms with Gasteiger partial charge in [0.25, 0.3) is 20.3 Å². The van der Waals surface area contributed by atoms with Crippen molar-refractivity contribution >= 4 is 41.8 Å². The summed E-state index contributed by atoms with van der Waals surface area (Å²) >= 11 is 0. The van der Waals surface area contributed by atoms with Gasteiger partial charge in [-0.05, 0) is 147 Å². The number of rotatable bonds is 55. The van der Waals surface area contributed by atoms with Crippen LogP contribution in [-0.2, 0) is 127 Å². The van der Waals surface area contributed by atoms with Crippen molar-refractivity contribution in [2.45, 2.75) is 200 Å². The fourth-order valence-corrected chi connectivity index (χ4v) is 11.3. The summed E-state index contributed by atoms with van der Waals surface area (Å²) in [6.07, 6.45) is -0.446. The molecule has 7 rings (SSSR count). The van der Waals surface area contributed by atoms with Crippen LogP contribution in [-0.4, -0.2) is 233 Å². The Labute approximate surface area is 753 Å². The number of aliphatic hydroxyl groups is 2. The molecule has 41 nitrogen and oxygen atoms in total. The number of carbonyl (C=O) groups is 7. The number of aryl methyl sites for hydroxylation is 3. The number of esters is 7. The summed E-state index contributed by atoms with van der Waals surface area (Å²) in [7, 11) is 4.07. The lowest BCUT2D eigenvalue weighted by Gasteiger charge is -2.29. The maximum Gasteiger partial charge on any atom is 0.338 e. The number of nitrogens with zero attached hydrogens (tertiary/aromatic N) is 4. The van der Waals surface area contributed by atoms with Gasteiger partial charge in [0.05, 0.1) is 57.9 Å². The summed E-state index contributed by atoms with van der Waals surface area (Å²) in [5, 5.41) is 70.2. The number of nitrogens with one attached hydrogen (secondary N) is 4. The van der Waals surface area contributed by atoms with Gasteiger partial charge in [-0.3, -0.25) is 19.2 Å². The van der Waals surface area contributed by atoms with Gasteiger partial charge in [0.2, 0.25) is 0 Å². The molecular formula is C89H122N8O33. The summed E-state index contributed by atoms with van der Waals surface area (Å²) in [6.45, 7) is 18.6. The van der Waals surface area contributed by atoms with Gasteiger partial charge in [0.1, 0.15) is 100 Å². The predicted octanol–water partition coefficient (Wildman–Crippen LogP) is 8.69. The van der Waals surface area contributed by atoms with Crippen molar-refractivity contribution in [1.29, 1.82) is 0 Å². The molecule has 1 aliphatic rings. The van der Waals surface area contributed by atoms with E-state index in [0.29, 0.717) is 116 Å². The minimum Gasteiger partial charge on any atom is -0.490 e. The second kappa shape index (κ2) is 61.0. The zero-order valence-electron chi connectivity index (χ0n) is 75.3. The van der Waals surface area contributed by atoms with Crippen LogP contribution >= 0.6 is 0 Å². The van der Waals surface area contributed by atoms with Crippen LogP contribution in [0.1, 0.15) is 154 Å². The number of hydrogen-bond acceptors (Lipinski definition) is 37. The molecule has 6 aromatic carbocycles. The highest BCUT2D eigenvalue weighted by Crippen LogP contribution is 2.31. The third-order valence-electron chi connectivity index (χ3n) is 18.2. The van der Waals surface area contributed by atoms with Crippen LogP contribution in [0.5, 0.6) is 23.0 Å². The van der Waals surface area contributed by atoms with E-state index in [1.54, 1.807) is 66.7 Å². The van der Waals surface area contributed by atoms with Gasteiger partial charge >= 0.3 is 41.8 Å². The average molecular weight is 1830 g/mol. The van der Waals surface area contributed by atoms with Crippen LogP contribution in [0.25, 0.3) is 0 Å². The minimum atomic E-state index is -0.932. The fraction of sp³-hybridized carbons (Fsp3) is 0.517. The van der Waals surface area contributed by atoms with Crippen LogP contribution in [0.15, 0.2) is 140 Å². The largest absolute Gasteiger partial charge is 0.490 e. The molecule has 0 heterocycles. The second-order valence-electron chi connectivity index (χ2n) is 31.1. The molecule has 0 aliphatic heterocycles. The third kappa shape index (κ3) is 49.6. The third-order valence-corrected chi connectivity index (χ3v) is 18.2. The highest BCUT2D eigenvalue weighted by Gasteiger charge is 2.29. The summed E-state index contributed by atoms with van der Waals surface area (Å²) < 4.78 is 64.4. The Morgan fingerprint density at radius 1 is 0.408 bits per heavy atom. The van der Waals surface area contributed by atoms with Crippen molar-refractivity contribution < 1.29 is 140 Å². The van der Waals surface area contributed by atoms with Crippen molar-refractivity contribution in [2.75, 3.05) is 100 Å². The Balaban J connectivity index is 0.000000364. The molecule has 6 aromatic rings. The molecule has 0 fully saturated rings. The van der Waals surface area contributed by atoms with E-state index in [9.17, 15) is 84.2 Å². The van der Waals surface area contributed by atoms with Gasteiger partial charge in [-0.25, -0.2) is 14.4 Å². The Bertz CT molecular complexity index is 4390. The number of methoxy groups -OCH3 is 3. The molecule has 0 bridgehead atoms. The van der Waals surface area contributed by atoms with Gasteiger partial charge in [0.15, 0.2) is 0 Å². The molecule has 1 aliphatic carbocycles. The first kappa shape index (κ1) is 110. The Morgan fingerprint density at radius 3 is 1.14 bits per heavy atom. The van der Waals surface area contributed by atoms with Crippen LogP contribution < -0.4 is 40.2 Å². The van der Waals surface area contributed by atoms with Crippen molar-refractivity contribution in [2.24, 2.45) is 0 Å². The lowest BCUT2D eigenvalue weighted by molar-refractivity contribution is -0.763. The molecule has 41 heteroatoms. The lowest BCUT2D eigenvalue weighted by atomic mass is 9.87. The van der Waals surface area contributed by atoms with E-state index in [2.05, 4.69) is 54.8 Å². The first-order chi connectivity index (χ1) is 61.9. The first-order valence-corrected chi connectivity index (χ1v) is 41.9. The molecule has 0 saturated heterocycles. The van der Waals surface area contributed by atoms with Gasteiger partial charge in [-0.2, -0.15) is 0 Å². The summed E-state index contributed by atoms with van der Waals surface area (Å²) in [4.78, 5) is 141. The first-order valence-electron chi connectivity index (χ1n) is 41.9. The van der Waals surface area contributed by atoms with E-state index < -0.39 is 80.8 Å². The maximum atomic E-state index is 12.8. The molecule has 0 amide bonds. The average Bonchev–Trinajstić information content (AvgIpc) is 0.803. The molecular weight excluding hydrogens is 1710 g/mol. The normalized spacial score (nSPS) is 13.4. The number of ether oxygens (including phenoxy) is 12. The molecule has 130 heavy (non-hydrogen) atoms. The Morgan fingerprint density at radius 2 is 0.762 bits per heavy atom. The fourth-order valence-electron chi connectivity index (χ4n) is 11.3. The number of aliphatic hydroxyl groups excluding tert-OH is 2. The smallest absolute Gasteiger partial charge is 0.338 e. The standard InChI is InChI=1S/C25H32N2O8.C24H30N2O8.C20H30N2O9.C20H30N2O8/c1-25(2,3)26-13-19(35-24(30)17-9-7-16(8-10-17)14-34-27(31)32)15-33-23-6-4-5-18-11-21(28)22(29)12-20(18)23;1-17(2)25-14-22(16-32-21-11-6-18(7-12-21)8-13-23(27)31-3)34-24(28)20-9-4-19(5-10-20)15-33-26(29)30;1-15(2)21-12-18(31-20(24)14-28-10-11-30-22(25)26)13-29-17-7-4-16(5-8-17)6-9-19(23)27-3;1-15(2)21-13-18(30-20(24)5-4-12-29-22(25)26)14-28-17-9-6-16(7-10-17)8-11-19(23)27-3/h4-10,19,21-22,26,28-29H,11-15H2,1-3H3;4-7,9-12,17,22,25H,8,13-16H2,1-3H3;4-5,7-8,15,18,21H,6,9-14H2,1-3H3;6-7,9-10,15,18,21H,4-5,8,11-14H2,1-3H3/t19?,21-,22+;;;/m0.../s1. The highest BCUT2D eigenvalue weighted by atomic mass is 17.0. The zero-order chi connectivity index (χ0) is 95.9. The number of benzene rings is 6. The van der Waals surface area contributed by atoms with E-state index in [1.807, 2.05) is 111 Å². The maximum absolute atomic E-state index is 12.8. The molecule has 4 unspecified atom stereocenters. The summed E-state index contributed by atoms with van der Waals surface area (Å²) in [6, 6.07) is 40.4. The molecule has 6 atom stereocenters. The van der Waals surface area contributed by atoms with Crippen LogP contribution in [0, 0.1) is 40.5 Å². The van der Waals surface area contributed by atoms with E-state index in [1.165, 1.54) is 45.6 Å². The molecule has 0 radical (unpaired) electrons. The van der Waals surface area contributed by atoms with Gasteiger partial charge in [0, 0.05) is 93.9 Å². The van der Waals surface area contributed by atoms with E-state index in [-0.39, 0.29) is 127 Å². The highest BCUT2D eigenvalue weighted by molar-refractivity contribution is 5.90. The number of hydrogen-bond donors (Lipinski definition) is 6. The van der Waals surface area contributed by atoms with Crippen molar-refractivity contribution in [3.63, 3.8) is 0 Å². The van der Waals surface area contributed by atoms with Crippen molar-refractivity contribution in [3.8, 4) is 23.0 Å². The van der Waals surface area contributed by atoms with E-state index in [4.69, 9.17) is 42.6 Å². The van der Waals surface area contributed by atoms with Gasteiger partial charge in [-0.1, -0.05) is 114 Å². The predicted molar refractivity (Wildman–Crippen MR) is 466 cm³/mol. The number of carbonyl (C=O) groups excluding carboxylic acids is 7. The molecule has 0 saturated carbocycles. The quantitative estimate of drug-likeness (QED) is 0.00683. The minimum absolute atomic E-state index is 0.0148. The molecule has 0 aromatic heterocycles.